The molecule has 0 spiro atoms. The topological polar surface area (TPSA) is 84.0 Å². The molecule has 0 fully saturated rings. The molecule has 0 saturated carbocycles. The SMILES string of the molecule is Cc1c(Cl)cccc1S(=O)(=O)Nc1ccc2c(c1)c(=O)[nH]n2Cc1ccc(F)cc1. The van der Waals surface area contributed by atoms with Gasteiger partial charge in [-0.2, -0.15) is 0 Å². The fraction of sp³-hybridized carbons (Fsp3) is 0.0952. The van der Waals surface area contributed by atoms with Crippen LogP contribution in [0.2, 0.25) is 5.02 Å². The van der Waals surface area contributed by atoms with E-state index in [1.807, 2.05) is 0 Å². The van der Waals surface area contributed by atoms with E-state index in [0.717, 1.165) is 5.56 Å². The summed E-state index contributed by atoms with van der Waals surface area (Å²) in [5.74, 6) is -0.337. The predicted octanol–water partition coefficient (Wildman–Crippen LogP) is 4.28. The lowest BCUT2D eigenvalue weighted by atomic mass is 10.2. The number of benzene rings is 3. The van der Waals surface area contributed by atoms with Crippen molar-refractivity contribution >= 4 is 38.2 Å². The molecule has 0 aliphatic heterocycles. The molecule has 0 aliphatic carbocycles. The van der Waals surface area contributed by atoms with Crippen molar-refractivity contribution in [2.75, 3.05) is 4.72 Å². The molecule has 0 amide bonds. The zero-order valence-corrected chi connectivity index (χ0v) is 17.4. The Morgan fingerprint density at radius 1 is 1.10 bits per heavy atom. The zero-order valence-electron chi connectivity index (χ0n) is 15.8. The minimum atomic E-state index is -3.88. The van der Waals surface area contributed by atoms with Crippen LogP contribution in [0.25, 0.3) is 10.9 Å². The first-order valence-corrected chi connectivity index (χ1v) is 10.9. The number of halogens is 2. The average molecular weight is 446 g/mol. The van der Waals surface area contributed by atoms with Gasteiger partial charge in [-0.05, 0) is 60.5 Å². The van der Waals surface area contributed by atoms with Crippen LogP contribution in [0.3, 0.4) is 0 Å². The summed E-state index contributed by atoms with van der Waals surface area (Å²) >= 11 is 6.04. The number of sulfonamides is 1. The van der Waals surface area contributed by atoms with E-state index in [1.54, 1.807) is 48.0 Å². The third-order valence-corrected chi connectivity index (χ3v) is 6.72. The highest BCUT2D eigenvalue weighted by molar-refractivity contribution is 7.92. The third kappa shape index (κ3) is 3.83. The lowest BCUT2D eigenvalue weighted by Crippen LogP contribution is -2.14. The summed E-state index contributed by atoms with van der Waals surface area (Å²) in [6.07, 6.45) is 0. The standard InChI is InChI=1S/C21H17ClFN3O3S/c1-13-18(22)3-2-4-20(13)30(28,29)25-16-9-10-19-17(11-16)21(27)24-26(19)12-14-5-7-15(23)8-6-14/h2-11,25H,12H2,1H3,(H,24,27). The summed E-state index contributed by atoms with van der Waals surface area (Å²) in [7, 11) is -3.88. The summed E-state index contributed by atoms with van der Waals surface area (Å²) in [6.45, 7) is 1.96. The van der Waals surface area contributed by atoms with Gasteiger partial charge in [-0.25, -0.2) is 12.8 Å². The van der Waals surface area contributed by atoms with E-state index in [-0.39, 0.29) is 22.0 Å². The average Bonchev–Trinajstić information content (AvgIpc) is 3.00. The Labute approximate surface area is 177 Å². The van der Waals surface area contributed by atoms with E-state index in [9.17, 15) is 17.6 Å². The Kier molecular flexibility index (Phi) is 5.13. The summed E-state index contributed by atoms with van der Waals surface area (Å²) in [4.78, 5) is 12.5. The van der Waals surface area contributed by atoms with Crippen LogP contribution in [0.5, 0.6) is 0 Å². The summed E-state index contributed by atoms with van der Waals surface area (Å²) < 4.78 is 42.8. The van der Waals surface area contributed by atoms with Gasteiger partial charge >= 0.3 is 0 Å². The first-order valence-electron chi connectivity index (χ1n) is 8.99. The summed E-state index contributed by atoms with van der Waals surface area (Å²) in [5.41, 5.74) is 1.76. The Morgan fingerprint density at radius 2 is 1.83 bits per heavy atom. The number of hydrogen-bond donors (Lipinski definition) is 2. The molecule has 0 unspecified atom stereocenters. The summed E-state index contributed by atoms with van der Waals surface area (Å²) in [6, 6.07) is 15.3. The molecular formula is C21H17ClFN3O3S. The van der Waals surface area contributed by atoms with Crippen LogP contribution in [-0.2, 0) is 16.6 Å². The monoisotopic (exact) mass is 445 g/mol. The van der Waals surface area contributed by atoms with Crippen LogP contribution in [0.15, 0.2) is 70.4 Å². The third-order valence-electron chi connectivity index (χ3n) is 4.78. The van der Waals surface area contributed by atoms with Crippen molar-refractivity contribution in [3.8, 4) is 0 Å². The number of hydrogen-bond acceptors (Lipinski definition) is 3. The van der Waals surface area contributed by atoms with Crippen LogP contribution in [0.4, 0.5) is 10.1 Å². The second-order valence-corrected chi connectivity index (χ2v) is 8.91. The van der Waals surface area contributed by atoms with Crippen LogP contribution in [-0.4, -0.2) is 18.2 Å². The van der Waals surface area contributed by atoms with Crippen molar-refractivity contribution in [1.29, 1.82) is 0 Å². The van der Waals surface area contributed by atoms with Crippen molar-refractivity contribution in [2.45, 2.75) is 18.4 Å². The van der Waals surface area contributed by atoms with Crippen molar-refractivity contribution in [1.82, 2.24) is 9.78 Å². The molecular weight excluding hydrogens is 429 g/mol. The Hall–Kier alpha value is -3.10. The molecule has 1 heterocycles. The van der Waals surface area contributed by atoms with Gasteiger partial charge in [0, 0.05) is 10.7 Å². The van der Waals surface area contributed by atoms with Crippen LogP contribution < -0.4 is 10.3 Å². The highest BCUT2D eigenvalue weighted by Crippen LogP contribution is 2.26. The van der Waals surface area contributed by atoms with Gasteiger partial charge in [0.1, 0.15) is 5.82 Å². The van der Waals surface area contributed by atoms with Gasteiger partial charge in [0.25, 0.3) is 15.6 Å². The number of anilines is 1. The van der Waals surface area contributed by atoms with E-state index in [0.29, 0.717) is 28.0 Å². The molecule has 4 rings (SSSR count). The maximum atomic E-state index is 13.1. The van der Waals surface area contributed by atoms with Crippen molar-refractivity contribution < 1.29 is 12.8 Å². The zero-order chi connectivity index (χ0) is 21.5. The Bertz CT molecular complexity index is 1410. The van der Waals surface area contributed by atoms with E-state index in [1.165, 1.54) is 24.3 Å². The van der Waals surface area contributed by atoms with E-state index in [2.05, 4.69) is 9.82 Å². The quantitative estimate of drug-likeness (QED) is 0.481. The molecule has 2 N–H and O–H groups in total. The molecule has 0 atom stereocenters. The van der Waals surface area contributed by atoms with Crippen molar-refractivity contribution in [3.63, 3.8) is 0 Å². The van der Waals surface area contributed by atoms with Gasteiger partial charge in [0.2, 0.25) is 0 Å². The Balaban J connectivity index is 1.67. The minimum Gasteiger partial charge on any atom is -0.280 e. The molecule has 3 aromatic carbocycles. The first-order chi connectivity index (χ1) is 14.2. The highest BCUT2D eigenvalue weighted by atomic mass is 35.5. The fourth-order valence-electron chi connectivity index (χ4n) is 3.25. The molecule has 9 heteroatoms. The van der Waals surface area contributed by atoms with E-state index < -0.39 is 10.0 Å². The first kappa shape index (κ1) is 20.2. The van der Waals surface area contributed by atoms with Gasteiger partial charge in [0.15, 0.2) is 0 Å². The van der Waals surface area contributed by atoms with Gasteiger partial charge in [0.05, 0.1) is 22.3 Å². The van der Waals surface area contributed by atoms with Gasteiger partial charge in [-0.1, -0.05) is 29.8 Å². The van der Waals surface area contributed by atoms with E-state index in [4.69, 9.17) is 11.6 Å². The molecule has 0 aliphatic rings. The predicted molar refractivity (Wildman–Crippen MR) is 115 cm³/mol. The normalized spacial score (nSPS) is 11.7. The van der Waals surface area contributed by atoms with Gasteiger partial charge in [-0.15, -0.1) is 0 Å². The smallest absolute Gasteiger partial charge is 0.272 e. The van der Waals surface area contributed by atoms with E-state index >= 15 is 0 Å². The molecule has 0 saturated heterocycles. The second kappa shape index (κ2) is 7.62. The number of nitrogens with zero attached hydrogens (tertiary/aromatic N) is 1. The number of rotatable bonds is 5. The van der Waals surface area contributed by atoms with Crippen LogP contribution in [0.1, 0.15) is 11.1 Å². The lowest BCUT2D eigenvalue weighted by molar-refractivity contribution is 0.600. The van der Waals surface area contributed by atoms with Crippen LogP contribution in [0, 0.1) is 12.7 Å². The highest BCUT2D eigenvalue weighted by Gasteiger charge is 2.19. The van der Waals surface area contributed by atoms with Gasteiger partial charge < -0.3 is 0 Å². The largest absolute Gasteiger partial charge is 0.280 e. The van der Waals surface area contributed by atoms with Gasteiger partial charge in [-0.3, -0.25) is 19.3 Å². The lowest BCUT2D eigenvalue weighted by Gasteiger charge is -2.11. The number of nitrogens with one attached hydrogen (secondary N) is 2. The van der Waals surface area contributed by atoms with Crippen LogP contribution >= 0.6 is 11.6 Å². The maximum Gasteiger partial charge on any atom is 0.272 e. The number of fused-ring (bicyclic) bond motifs is 1. The molecule has 0 bridgehead atoms. The fourth-order valence-corrected chi connectivity index (χ4v) is 4.79. The molecule has 0 radical (unpaired) electrons. The molecule has 4 aromatic rings. The number of H-pyrrole nitrogens is 1. The molecule has 6 nitrogen and oxygen atoms in total. The maximum absolute atomic E-state index is 13.1. The minimum absolute atomic E-state index is 0.0675. The summed E-state index contributed by atoms with van der Waals surface area (Å²) in [5, 5.41) is 3.41. The van der Waals surface area contributed by atoms with Crippen molar-refractivity contribution in [2.24, 2.45) is 0 Å². The molecule has 154 valence electrons. The molecule has 1 aromatic heterocycles. The van der Waals surface area contributed by atoms with Crippen molar-refractivity contribution in [3.05, 3.63) is 93.0 Å². The Morgan fingerprint density at radius 3 is 2.57 bits per heavy atom. The number of aromatic amines is 1. The molecule has 30 heavy (non-hydrogen) atoms. The number of aromatic nitrogens is 2. The second-order valence-electron chi connectivity index (χ2n) is 6.85.